The Hall–Kier alpha value is -1.12. The van der Waals surface area contributed by atoms with Gasteiger partial charge in [-0.3, -0.25) is 9.79 Å². The molecule has 0 aliphatic carbocycles. The van der Waals surface area contributed by atoms with E-state index in [1.165, 1.54) is 0 Å². The number of hydrogen-bond acceptors (Lipinski definition) is 2. The fraction of sp³-hybridized carbons (Fsp3) is 0.429. The van der Waals surface area contributed by atoms with Crippen LogP contribution in [-0.4, -0.2) is 25.7 Å². The monoisotopic (exact) mass is 140 g/mol. The van der Waals surface area contributed by atoms with Gasteiger partial charge in [0.25, 0.3) is 0 Å². The Bertz CT molecular complexity index is 150. The van der Waals surface area contributed by atoms with Gasteiger partial charge in [0.2, 0.25) is 5.91 Å². The van der Waals surface area contributed by atoms with Crippen molar-refractivity contribution in [3.63, 3.8) is 0 Å². The molecule has 3 nitrogen and oxygen atoms in total. The molecular weight excluding hydrogens is 128 g/mol. The Morgan fingerprint density at radius 3 is 2.90 bits per heavy atom. The molecule has 0 aromatic carbocycles. The van der Waals surface area contributed by atoms with Gasteiger partial charge in [0.15, 0.2) is 0 Å². The molecular formula is C7H12N2O. The number of allylic oxidation sites excluding steroid dienone is 2. The third-order valence-electron chi connectivity index (χ3n) is 0.898. The number of carbonyl (C=O) groups excluding carboxylic acids is 1. The van der Waals surface area contributed by atoms with Crippen LogP contribution in [0.15, 0.2) is 17.1 Å². The first-order chi connectivity index (χ1) is 4.81. The Kier molecular flexibility index (Phi) is 5.33. The fourth-order valence-corrected chi connectivity index (χ4v) is 0.362. The summed E-state index contributed by atoms with van der Waals surface area (Å²) < 4.78 is 0. The molecule has 56 valence electrons. The number of carbonyl (C=O) groups is 1. The summed E-state index contributed by atoms with van der Waals surface area (Å²) in [7, 11) is 1.59. The van der Waals surface area contributed by atoms with Gasteiger partial charge in [-0.15, -0.1) is 0 Å². The zero-order valence-corrected chi connectivity index (χ0v) is 6.29. The SMILES string of the molecule is C/C=C\C=NCC(=O)NC. The largest absolute Gasteiger partial charge is 0.358 e. The first kappa shape index (κ1) is 8.88. The molecule has 1 amide bonds. The molecule has 0 bridgehead atoms. The summed E-state index contributed by atoms with van der Waals surface area (Å²) in [6.45, 7) is 2.10. The van der Waals surface area contributed by atoms with E-state index in [0.29, 0.717) is 0 Å². The first-order valence-corrected chi connectivity index (χ1v) is 3.13. The first-order valence-electron chi connectivity index (χ1n) is 3.13. The zero-order chi connectivity index (χ0) is 7.82. The fourth-order valence-electron chi connectivity index (χ4n) is 0.362. The lowest BCUT2D eigenvalue weighted by atomic mass is 10.5. The van der Waals surface area contributed by atoms with E-state index in [1.54, 1.807) is 19.3 Å². The highest BCUT2D eigenvalue weighted by Crippen LogP contribution is 1.69. The molecule has 0 heterocycles. The van der Waals surface area contributed by atoms with Crippen LogP contribution in [0.1, 0.15) is 6.92 Å². The maximum absolute atomic E-state index is 10.5. The van der Waals surface area contributed by atoms with Gasteiger partial charge in [-0.1, -0.05) is 6.08 Å². The van der Waals surface area contributed by atoms with Crippen molar-refractivity contribution < 1.29 is 4.79 Å². The van der Waals surface area contributed by atoms with Crippen molar-refractivity contribution in [2.24, 2.45) is 4.99 Å². The van der Waals surface area contributed by atoms with Crippen LogP contribution in [-0.2, 0) is 4.79 Å². The third kappa shape index (κ3) is 5.03. The van der Waals surface area contributed by atoms with Crippen LogP contribution in [0.4, 0.5) is 0 Å². The predicted molar refractivity (Wildman–Crippen MR) is 42.2 cm³/mol. The number of aliphatic imine (C=N–C) groups is 1. The Labute approximate surface area is 60.8 Å². The van der Waals surface area contributed by atoms with Crippen LogP contribution in [0.5, 0.6) is 0 Å². The van der Waals surface area contributed by atoms with Gasteiger partial charge in [0.1, 0.15) is 6.54 Å². The summed E-state index contributed by atoms with van der Waals surface area (Å²) in [4.78, 5) is 14.3. The van der Waals surface area contributed by atoms with Crippen molar-refractivity contribution in [2.75, 3.05) is 13.6 Å². The van der Waals surface area contributed by atoms with Gasteiger partial charge in [0.05, 0.1) is 0 Å². The van der Waals surface area contributed by atoms with Crippen LogP contribution >= 0.6 is 0 Å². The lowest BCUT2D eigenvalue weighted by molar-refractivity contribution is -0.119. The number of hydrogen-bond donors (Lipinski definition) is 1. The Morgan fingerprint density at radius 2 is 2.40 bits per heavy atom. The molecule has 0 atom stereocenters. The number of amides is 1. The maximum Gasteiger partial charge on any atom is 0.241 e. The second-order valence-electron chi connectivity index (χ2n) is 1.69. The zero-order valence-electron chi connectivity index (χ0n) is 6.29. The van der Waals surface area contributed by atoms with E-state index in [9.17, 15) is 4.79 Å². The second kappa shape index (κ2) is 6.01. The number of likely N-dealkylation sites (N-methyl/N-ethyl adjacent to an activating group) is 1. The Morgan fingerprint density at radius 1 is 1.70 bits per heavy atom. The maximum atomic E-state index is 10.5. The van der Waals surface area contributed by atoms with Gasteiger partial charge < -0.3 is 5.32 Å². The average molecular weight is 140 g/mol. The molecule has 0 unspecified atom stereocenters. The molecule has 0 radical (unpaired) electrons. The van der Waals surface area contributed by atoms with E-state index in [1.807, 2.05) is 13.0 Å². The lowest BCUT2D eigenvalue weighted by Gasteiger charge is -1.90. The van der Waals surface area contributed by atoms with Gasteiger partial charge >= 0.3 is 0 Å². The highest BCUT2D eigenvalue weighted by molar-refractivity contribution is 5.80. The second-order valence-corrected chi connectivity index (χ2v) is 1.69. The molecule has 0 rings (SSSR count). The molecule has 0 fully saturated rings. The summed E-state index contributed by atoms with van der Waals surface area (Å²) in [6.07, 6.45) is 5.24. The van der Waals surface area contributed by atoms with E-state index >= 15 is 0 Å². The van der Waals surface area contributed by atoms with E-state index < -0.39 is 0 Å². The van der Waals surface area contributed by atoms with Gasteiger partial charge in [-0.05, 0) is 13.0 Å². The van der Waals surface area contributed by atoms with Crippen LogP contribution in [0, 0.1) is 0 Å². The van der Waals surface area contributed by atoms with Gasteiger partial charge in [0, 0.05) is 13.3 Å². The molecule has 0 spiro atoms. The molecule has 0 aliphatic rings. The van der Waals surface area contributed by atoms with Crippen LogP contribution in [0.2, 0.25) is 0 Å². The van der Waals surface area contributed by atoms with Gasteiger partial charge in [-0.25, -0.2) is 0 Å². The summed E-state index contributed by atoms with van der Waals surface area (Å²) in [5.74, 6) is -0.0687. The molecule has 0 saturated carbocycles. The smallest absolute Gasteiger partial charge is 0.241 e. The molecule has 10 heavy (non-hydrogen) atoms. The number of nitrogens with one attached hydrogen (secondary N) is 1. The third-order valence-corrected chi connectivity index (χ3v) is 0.898. The number of rotatable bonds is 3. The minimum Gasteiger partial charge on any atom is -0.358 e. The highest BCUT2D eigenvalue weighted by Gasteiger charge is 1.89. The molecule has 0 aromatic heterocycles. The predicted octanol–water partition coefficient (Wildman–Crippen LogP) is 0.379. The molecule has 0 aromatic rings. The van der Waals surface area contributed by atoms with Crippen molar-refractivity contribution >= 4 is 12.1 Å². The van der Waals surface area contributed by atoms with Crippen LogP contribution in [0.3, 0.4) is 0 Å². The van der Waals surface area contributed by atoms with Crippen molar-refractivity contribution in [3.8, 4) is 0 Å². The van der Waals surface area contributed by atoms with Crippen LogP contribution in [0.25, 0.3) is 0 Å². The highest BCUT2D eigenvalue weighted by atomic mass is 16.1. The number of nitrogens with zero attached hydrogens (tertiary/aromatic N) is 1. The van der Waals surface area contributed by atoms with E-state index in [-0.39, 0.29) is 12.5 Å². The normalized spacial score (nSPS) is 11.0. The molecule has 1 N–H and O–H groups in total. The minimum absolute atomic E-state index is 0.0687. The molecule has 3 heteroatoms. The average Bonchev–Trinajstić information content (AvgIpc) is 1.98. The van der Waals surface area contributed by atoms with E-state index in [4.69, 9.17) is 0 Å². The minimum atomic E-state index is -0.0687. The van der Waals surface area contributed by atoms with Crippen LogP contribution < -0.4 is 5.32 Å². The van der Waals surface area contributed by atoms with Crippen molar-refractivity contribution in [1.82, 2.24) is 5.32 Å². The van der Waals surface area contributed by atoms with E-state index in [0.717, 1.165) is 0 Å². The summed E-state index contributed by atoms with van der Waals surface area (Å²) in [6, 6.07) is 0. The van der Waals surface area contributed by atoms with Crippen molar-refractivity contribution in [3.05, 3.63) is 12.2 Å². The quantitative estimate of drug-likeness (QED) is 0.566. The summed E-state index contributed by atoms with van der Waals surface area (Å²) in [5.41, 5.74) is 0. The summed E-state index contributed by atoms with van der Waals surface area (Å²) >= 11 is 0. The van der Waals surface area contributed by atoms with Crippen molar-refractivity contribution in [2.45, 2.75) is 6.92 Å². The summed E-state index contributed by atoms with van der Waals surface area (Å²) in [5, 5.41) is 2.47. The van der Waals surface area contributed by atoms with E-state index in [2.05, 4.69) is 10.3 Å². The topological polar surface area (TPSA) is 41.5 Å². The van der Waals surface area contributed by atoms with Crippen molar-refractivity contribution in [1.29, 1.82) is 0 Å². The molecule has 0 saturated heterocycles. The standard InChI is InChI=1S/C7H12N2O/c1-3-4-5-9-6-7(10)8-2/h3-5H,6H2,1-2H3,(H,8,10)/b4-3-,9-5?. The molecule has 0 aliphatic heterocycles. The van der Waals surface area contributed by atoms with Gasteiger partial charge in [-0.2, -0.15) is 0 Å². The lowest BCUT2D eigenvalue weighted by Crippen LogP contribution is -2.20. The Balaban J connectivity index is 3.43.